The zero-order valence-corrected chi connectivity index (χ0v) is 14.6. The number of carbonyl (C=O) groups excluding carboxylic acids is 1. The molecule has 0 spiro atoms. The summed E-state index contributed by atoms with van der Waals surface area (Å²) < 4.78 is 5.36. The van der Waals surface area contributed by atoms with Gasteiger partial charge in [-0.1, -0.05) is 30.2 Å². The van der Waals surface area contributed by atoms with Crippen LogP contribution in [0.5, 0.6) is 0 Å². The molecule has 1 aliphatic heterocycles. The van der Waals surface area contributed by atoms with E-state index in [4.69, 9.17) is 4.74 Å². The summed E-state index contributed by atoms with van der Waals surface area (Å²) in [4.78, 5) is 12.3. The first kappa shape index (κ1) is 17.1. The minimum Gasteiger partial charge on any atom is -0.458 e. The number of allylic oxidation sites excluding steroid dienone is 4. The molecular weight excluding hydrogens is 272 g/mol. The summed E-state index contributed by atoms with van der Waals surface area (Å²) in [6.07, 6.45) is 11.1. The normalized spacial score (nSPS) is 26.1. The maximum Gasteiger partial charge on any atom is 0.334 e. The maximum atomic E-state index is 12.3. The van der Waals surface area contributed by atoms with Crippen molar-refractivity contribution in [2.75, 3.05) is 6.61 Å². The van der Waals surface area contributed by atoms with Crippen LogP contribution in [-0.2, 0) is 9.53 Å². The fraction of sp³-hybridized carbons (Fsp3) is 0.650. The van der Waals surface area contributed by atoms with Gasteiger partial charge in [0.15, 0.2) is 0 Å². The predicted molar refractivity (Wildman–Crippen MR) is 91.5 cm³/mol. The Balaban J connectivity index is 2.17. The quantitative estimate of drug-likeness (QED) is 0.516. The zero-order chi connectivity index (χ0) is 16.1. The van der Waals surface area contributed by atoms with Gasteiger partial charge >= 0.3 is 5.97 Å². The lowest BCUT2D eigenvalue weighted by molar-refractivity contribution is -0.136. The molecule has 1 aliphatic carbocycles. The molecule has 0 aromatic heterocycles. The smallest absolute Gasteiger partial charge is 0.334 e. The minimum absolute atomic E-state index is 0.0476. The number of esters is 1. The van der Waals surface area contributed by atoms with Gasteiger partial charge in [0.2, 0.25) is 0 Å². The Labute approximate surface area is 135 Å². The number of hydrogen-bond acceptors (Lipinski definition) is 2. The Morgan fingerprint density at radius 1 is 1.41 bits per heavy atom. The van der Waals surface area contributed by atoms with Crippen LogP contribution in [0, 0.1) is 11.8 Å². The summed E-state index contributed by atoms with van der Waals surface area (Å²) in [7, 11) is 0. The van der Waals surface area contributed by atoms with E-state index in [0.29, 0.717) is 18.4 Å². The summed E-state index contributed by atoms with van der Waals surface area (Å²) >= 11 is 0. The highest BCUT2D eigenvalue weighted by atomic mass is 16.5. The van der Waals surface area contributed by atoms with Gasteiger partial charge in [-0.3, -0.25) is 0 Å². The Kier molecular flexibility index (Phi) is 6.05. The molecule has 2 atom stereocenters. The Morgan fingerprint density at radius 3 is 2.91 bits per heavy atom. The van der Waals surface area contributed by atoms with Crippen LogP contribution in [0.3, 0.4) is 0 Å². The van der Waals surface area contributed by atoms with Crippen LogP contribution in [0.1, 0.15) is 66.2 Å². The molecular formula is C20H30O2. The highest BCUT2D eigenvalue weighted by Gasteiger charge is 2.34. The molecule has 2 nitrogen and oxygen atoms in total. The van der Waals surface area contributed by atoms with E-state index in [2.05, 4.69) is 39.8 Å². The maximum absolute atomic E-state index is 12.3. The van der Waals surface area contributed by atoms with Gasteiger partial charge in [-0.2, -0.15) is 0 Å². The second kappa shape index (κ2) is 7.80. The molecule has 0 saturated heterocycles. The standard InChI is InChI=1S/C20H30O2/c1-14(2)7-5-9-16(4)18-12-11-15(3)8-6-10-17-13-22-20(21)19(17)18/h7-8,16,18H,5-6,9-13H2,1-4H3/b15-8-/t16-,18+/m1/s1. The van der Waals surface area contributed by atoms with Gasteiger partial charge in [0.25, 0.3) is 0 Å². The topological polar surface area (TPSA) is 26.3 Å². The van der Waals surface area contributed by atoms with Crippen LogP contribution in [0.25, 0.3) is 0 Å². The predicted octanol–water partition coefficient (Wildman–Crippen LogP) is 5.36. The number of hydrogen-bond donors (Lipinski definition) is 0. The third-order valence-corrected chi connectivity index (χ3v) is 5.00. The van der Waals surface area contributed by atoms with Gasteiger partial charge in [0.1, 0.15) is 6.61 Å². The Morgan fingerprint density at radius 2 is 2.18 bits per heavy atom. The average molecular weight is 302 g/mol. The number of rotatable bonds is 4. The minimum atomic E-state index is -0.0476. The summed E-state index contributed by atoms with van der Waals surface area (Å²) in [5.74, 6) is 0.836. The van der Waals surface area contributed by atoms with Crippen LogP contribution in [0.15, 0.2) is 34.4 Å². The van der Waals surface area contributed by atoms with Gasteiger partial charge in [-0.15, -0.1) is 0 Å². The van der Waals surface area contributed by atoms with E-state index in [1.54, 1.807) is 0 Å². The second-order valence-corrected chi connectivity index (χ2v) is 7.16. The molecule has 0 fully saturated rings. The molecule has 0 aromatic carbocycles. The van der Waals surface area contributed by atoms with Crippen molar-refractivity contribution in [1.29, 1.82) is 0 Å². The lowest BCUT2D eigenvalue weighted by atomic mass is 9.79. The zero-order valence-electron chi connectivity index (χ0n) is 14.6. The van der Waals surface area contributed by atoms with Crippen molar-refractivity contribution < 1.29 is 9.53 Å². The Bertz CT molecular complexity index is 504. The van der Waals surface area contributed by atoms with Gasteiger partial charge in [0, 0.05) is 5.57 Å². The molecule has 2 aliphatic rings. The van der Waals surface area contributed by atoms with Crippen LogP contribution >= 0.6 is 0 Å². The highest BCUT2D eigenvalue weighted by Crippen LogP contribution is 2.37. The van der Waals surface area contributed by atoms with E-state index in [1.807, 2.05) is 0 Å². The van der Waals surface area contributed by atoms with Gasteiger partial charge in [0.05, 0.1) is 0 Å². The molecule has 0 radical (unpaired) electrons. The van der Waals surface area contributed by atoms with Crippen molar-refractivity contribution in [2.45, 2.75) is 66.2 Å². The molecule has 0 unspecified atom stereocenters. The lowest BCUT2D eigenvalue weighted by Crippen LogP contribution is -2.19. The summed E-state index contributed by atoms with van der Waals surface area (Å²) in [5, 5.41) is 0. The fourth-order valence-electron chi connectivity index (χ4n) is 3.60. The first-order valence-electron chi connectivity index (χ1n) is 8.67. The van der Waals surface area contributed by atoms with Crippen LogP contribution in [0.2, 0.25) is 0 Å². The Hall–Kier alpha value is -1.31. The van der Waals surface area contributed by atoms with Crippen molar-refractivity contribution >= 4 is 5.97 Å². The van der Waals surface area contributed by atoms with Gasteiger partial charge in [-0.25, -0.2) is 4.79 Å². The van der Waals surface area contributed by atoms with E-state index < -0.39 is 0 Å². The molecule has 0 bridgehead atoms. The lowest BCUT2D eigenvalue weighted by Gasteiger charge is -2.24. The monoisotopic (exact) mass is 302 g/mol. The molecule has 0 saturated carbocycles. The SMILES string of the molecule is CC(C)=CCC[C@@H](C)[C@@H]1CC/C(C)=C\CCC2=C1C(=O)OC2. The van der Waals surface area contributed by atoms with E-state index in [0.717, 1.165) is 44.1 Å². The second-order valence-electron chi connectivity index (χ2n) is 7.16. The molecule has 2 rings (SSSR count). The van der Waals surface area contributed by atoms with Crippen molar-refractivity contribution in [1.82, 2.24) is 0 Å². The summed E-state index contributed by atoms with van der Waals surface area (Å²) in [5.41, 5.74) is 5.12. The van der Waals surface area contributed by atoms with Crippen LogP contribution < -0.4 is 0 Å². The van der Waals surface area contributed by atoms with E-state index in [-0.39, 0.29) is 5.97 Å². The van der Waals surface area contributed by atoms with E-state index in [9.17, 15) is 4.79 Å². The van der Waals surface area contributed by atoms with Crippen molar-refractivity contribution in [3.63, 3.8) is 0 Å². The number of ether oxygens (including phenoxy) is 1. The van der Waals surface area contributed by atoms with E-state index >= 15 is 0 Å². The molecule has 22 heavy (non-hydrogen) atoms. The van der Waals surface area contributed by atoms with Crippen LogP contribution in [-0.4, -0.2) is 12.6 Å². The number of carbonyl (C=O) groups is 1. The molecule has 122 valence electrons. The van der Waals surface area contributed by atoms with E-state index in [1.165, 1.54) is 16.7 Å². The summed E-state index contributed by atoms with van der Waals surface area (Å²) in [6.45, 7) is 9.34. The third kappa shape index (κ3) is 4.34. The molecule has 0 N–H and O–H groups in total. The number of cyclic esters (lactones) is 1. The molecule has 0 aromatic rings. The highest BCUT2D eigenvalue weighted by molar-refractivity contribution is 5.92. The molecule has 0 amide bonds. The fourth-order valence-corrected chi connectivity index (χ4v) is 3.60. The van der Waals surface area contributed by atoms with Crippen molar-refractivity contribution in [3.8, 4) is 0 Å². The first-order chi connectivity index (χ1) is 10.5. The van der Waals surface area contributed by atoms with Crippen LogP contribution in [0.4, 0.5) is 0 Å². The molecule has 2 heteroatoms. The van der Waals surface area contributed by atoms with Gasteiger partial charge in [-0.05, 0) is 76.7 Å². The average Bonchev–Trinajstić information content (AvgIpc) is 2.83. The largest absolute Gasteiger partial charge is 0.458 e. The van der Waals surface area contributed by atoms with Gasteiger partial charge < -0.3 is 4.74 Å². The third-order valence-electron chi connectivity index (χ3n) is 5.00. The van der Waals surface area contributed by atoms with Crippen molar-refractivity contribution in [2.24, 2.45) is 11.8 Å². The molecule has 1 heterocycles. The first-order valence-corrected chi connectivity index (χ1v) is 8.67. The summed E-state index contributed by atoms with van der Waals surface area (Å²) in [6, 6.07) is 0. The van der Waals surface area contributed by atoms with Crippen molar-refractivity contribution in [3.05, 3.63) is 34.4 Å².